The van der Waals surface area contributed by atoms with Crippen LogP contribution in [0.1, 0.15) is 18.5 Å². The van der Waals surface area contributed by atoms with E-state index in [1.165, 1.54) is 17.0 Å². The molecule has 2 rings (SSSR count). The number of hydrogen-bond acceptors (Lipinski definition) is 4. The predicted molar refractivity (Wildman–Crippen MR) is 84.6 cm³/mol. The van der Waals surface area contributed by atoms with Crippen LogP contribution in [0.25, 0.3) is 0 Å². The molecule has 0 saturated carbocycles. The minimum atomic E-state index is -0.615. The van der Waals surface area contributed by atoms with E-state index in [0.717, 1.165) is 0 Å². The van der Waals surface area contributed by atoms with Gasteiger partial charge in [0.25, 0.3) is 0 Å². The van der Waals surface area contributed by atoms with Crippen molar-refractivity contribution in [2.24, 2.45) is 0 Å². The van der Waals surface area contributed by atoms with Gasteiger partial charge in [-0.15, -0.1) is 0 Å². The minimum absolute atomic E-state index is 0.116. The van der Waals surface area contributed by atoms with Crippen LogP contribution in [0.2, 0.25) is 0 Å². The molecule has 1 aromatic carbocycles. The van der Waals surface area contributed by atoms with Gasteiger partial charge in [-0.3, -0.25) is 4.90 Å². The molecule has 118 valence electrons. The molecule has 7 heteroatoms. The first-order valence-electron chi connectivity index (χ1n) is 6.78. The van der Waals surface area contributed by atoms with Crippen molar-refractivity contribution >= 4 is 27.9 Å². The van der Waals surface area contributed by atoms with E-state index in [-0.39, 0.29) is 18.4 Å². The first-order valence-corrected chi connectivity index (χ1v) is 7.91. The van der Waals surface area contributed by atoms with E-state index in [4.69, 9.17) is 4.74 Å². The highest BCUT2D eigenvalue weighted by atomic mass is 79.9. The van der Waals surface area contributed by atoms with E-state index in [1.807, 2.05) is 0 Å². The van der Waals surface area contributed by atoms with E-state index in [1.54, 1.807) is 26.1 Å². The summed E-state index contributed by atoms with van der Waals surface area (Å²) < 4.78 is 5.13. The summed E-state index contributed by atoms with van der Waals surface area (Å²) in [6.07, 6.45) is 0. The Morgan fingerprint density at radius 3 is 2.59 bits per heavy atom. The molecule has 0 saturated heterocycles. The second-order valence-corrected chi connectivity index (χ2v) is 5.31. The van der Waals surface area contributed by atoms with Crippen LogP contribution in [-0.2, 0) is 9.53 Å². The quantitative estimate of drug-likeness (QED) is 0.631. The zero-order valence-corrected chi connectivity index (χ0v) is 13.9. The van der Waals surface area contributed by atoms with Gasteiger partial charge in [0.2, 0.25) is 0 Å². The fourth-order valence-electron chi connectivity index (χ4n) is 2.29. The fourth-order valence-corrected chi connectivity index (χ4v) is 2.96. The number of allylic oxidation sites excluding steroid dienone is 1. The number of esters is 1. The van der Waals surface area contributed by atoms with Gasteiger partial charge >= 0.3 is 12.0 Å². The van der Waals surface area contributed by atoms with Gasteiger partial charge in [0.15, 0.2) is 0 Å². The number of rotatable bonds is 4. The van der Waals surface area contributed by atoms with Crippen LogP contribution >= 0.6 is 15.9 Å². The highest BCUT2D eigenvalue weighted by Gasteiger charge is 2.36. The summed E-state index contributed by atoms with van der Waals surface area (Å²) in [5, 5.41) is 12.5. The number of phenolic OH excluding ortho intramolecular Hbond substituents is 1. The number of carbonyl (C=O) groups is 2. The number of urea groups is 1. The van der Waals surface area contributed by atoms with Crippen LogP contribution in [0.15, 0.2) is 35.5 Å². The molecular formula is C15H17BrN2O4. The van der Waals surface area contributed by atoms with E-state index < -0.39 is 12.0 Å². The maximum Gasteiger partial charge on any atom is 0.338 e. The first kappa shape index (κ1) is 16.4. The molecule has 0 aliphatic carbocycles. The molecule has 1 aromatic rings. The summed E-state index contributed by atoms with van der Waals surface area (Å²) in [6.45, 7) is 1.98. The van der Waals surface area contributed by atoms with Crippen molar-refractivity contribution < 1.29 is 19.4 Å². The molecule has 1 aliphatic rings. The van der Waals surface area contributed by atoms with Crippen molar-refractivity contribution in [2.45, 2.75) is 13.0 Å². The van der Waals surface area contributed by atoms with E-state index in [0.29, 0.717) is 22.2 Å². The predicted octanol–water partition coefficient (Wildman–Crippen LogP) is 2.30. The molecule has 1 heterocycles. The van der Waals surface area contributed by atoms with Crippen LogP contribution in [0.5, 0.6) is 5.75 Å². The van der Waals surface area contributed by atoms with Gasteiger partial charge in [-0.25, -0.2) is 9.59 Å². The van der Waals surface area contributed by atoms with E-state index in [9.17, 15) is 14.7 Å². The summed E-state index contributed by atoms with van der Waals surface area (Å²) in [4.78, 5) is 25.8. The molecule has 1 unspecified atom stereocenters. The number of alkyl halides is 1. The van der Waals surface area contributed by atoms with Crippen molar-refractivity contribution in [1.29, 1.82) is 0 Å². The molecule has 22 heavy (non-hydrogen) atoms. The number of nitrogens with one attached hydrogen (secondary N) is 1. The van der Waals surface area contributed by atoms with Gasteiger partial charge in [0, 0.05) is 18.1 Å². The minimum Gasteiger partial charge on any atom is -0.508 e. The zero-order chi connectivity index (χ0) is 16.3. The number of carbonyl (C=O) groups excluding carboxylic acids is 2. The summed E-state index contributed by atoms with van der Waals surface area (Å²) in [5.74, 6) is -0.354. The van der Waals surface area contributed by atoms with Crippen molar-refractivity contribution in [3.63, 3.8) is 0 Å². The van der Waals surface area contributed by atoms with Crippen LogP contribution < -0.4 is 5.32 Å². The Bertz CT molecular complexity index is 612. The standard InChI is InChI=1S/C15H17BrN2O4/c1-3-22-14(20)12-11(8-16)18(2)15(21)17-13(12)9-4-6-10(19)7-5-9/h4-7,13,19H,3,8H2,1-2H3,(H,17,21). The third-order valence-electron chi connectivity index (χ3n) is 3.43. The lowest BCUT2D eigenvalue weighted by Crippen LogP contribution is -2.47. The number of benzene rings is 1. The molecule has 0 fully saturated rings. The fraction of sp³-hybridized carbons (Fsp3) is 0.333. The van der Waals surface area contributed by atoms with Gasteiger partial charge in [0.1, 0.15) is 5.75 Å². The lowest BCUT2D eigenvalue weighted by molar-refractivity contribution is -0.139. The molecule has 2 N–H and O–H groups in total. The van der Waals surface area contributed by atoms with Crippen molar-refractivity contribution in [3.05, 3.63) is 41.1 Å². The summed E-state index contributed by atoms with van der Waals surface area (Å²) in [7, 11) is 1.60. The number of aromatic hydroxyl groups is 1. The molecule has 2 amide bonds. The molecular weight excluding hydrogens is 352 g/mol. The number of hydrogen-bond donors (Lipinski definition) is 2. The summed E-state index contributed by atoms with van der Waals surface area (Å²) in [6, 6.07) is 5.43. The van der Waals surface area contributed by atoms with Crippen molar-refractivity contribution in [1.82, 2.24) is 10.2 Å². The molecule has 1 aliphatic heterocycles. The van der Waals surface area contributed by atoms with Gasteiger partial charge in [-0.05, 0) is 24.6 Å². The van der Waals surface area contributed by atoms with Crippen LogP contribution in [0.4, 0.5) is 4.79 Å². The second-order valence-electron chi connectivity index (χ2n) is 4.75. The molecule has 0 bridgehead atoms. The smallest absolute Gasteiger partial charge is 0.338 e. The normalized spacial score (nSPS) is 18.2. The first-order chi connectivity index (χ1) is 10.5. The van der Waals surface area contributed by atoms with Crippen molar-refractivity contribution in [2.75, 3.05) is 19.0 Å². The maximum atomic E-state index is 12.3. The van der Waals surface area contributed by atoms with E-state index >= 15 is 0 Å². The average Bonchev–Trinajstić information content (AvgIpc) is 2.50. The number of phenols is 1. The largest absolute Gasteiger partial charge is 0.508 e. The zero-order valence-electron chi connectivity index (χ0n) is 12.3. The van der Waals surface area contributed by atoms with Crippen molar-refractivity contribution in [3.8, 4) is 5.75 Å². The van der Waals surface area contributed by atoms with Crippen LogP contribution in [0, 0.1) is 0 Å². The molecule has 6 nitrogen and oxygen atoms in total. The average molecular weight is 369 g/mol. The van der Waals surface area contributed by atoms with Gasteiger partial charge in [-0.2, -0.15) is 0 Å². The number of ether oxygens (including phenoxy) is 1. The van der Waals surface area contributed by atoms with Gasteiger partial charge in [0.05, 0.1) is 18.2 Å². The molecule has 0 aromatic heterocycles. The van der Waals surface area contributed by atoms with E-state index in [2.05, 4.69) is 21.2 Å². The highest BCUT2D eigenvalue weighted by Crippen LogP contribution is 2.32. The van der Waals surface area contributed by atoms with Crippen LogP contribution in [-0.4, -0.2) is 41.0 Å². The van der Waals surface area contributed by atoms with Gasteiger partial charge < -0.3 is 15.2 Å². The number of nitrogens with zero attached hydrogens (tertiary/aromatic N) is 1. The lowest BCUT2D eigenvalue weighted by Gasteiger charge is -2.34. The topological polar surface area (TPSA) is 78.9 Å². The van der Waals surface area contributed by atoms with Crippen LogP contribution in [0.3, 0.4) is 0 Å². The third-order valence-corrected chi connectivity index (χ3v) is 3.96. The Kier molecular flexibility index (Phi) is 5.07. The lowest BCUT2D eigenvalue weighted by atomic mass is 9.95. The Balaban J connectivity index is 2.53. The summed E-state index contributed by atoms with van der Waals surface area (Å²) in [5.41, 5.74) is 1.63. The molecule has 0 radical (unpaired) electrons. The summed E-state index contributed by atoms with van der Waals surface area (Å²) >= 11 is 3.32. The molecule has 0 spiro atoms. The van der Waals surface area contributed by atoms with Gasteiger partial charge in [-0.1, -0.05) is 28.1 Å². The molecule has 1 atom stereocenters. The second kappa shape index (κ2) is 6.83. The Hall–Kier alpha value is -2.02. The maximum absolute atomic E-state index is 12.3. The Morgan fingerprint density at radius 2 is 2.05 bits per heavy atom. The Morgan fingerprint density at radius 1 is 1.41 bits per heavy atom. The number of halogens is 1. The Labute approximate surface area is 136 Å². The monoisotopic (exact) mass is 368 g/mol. The SMILES string of the molecule is CCOC(=O)C1=C(CBr)N(C)C(=O)NC1c1ccc(O)cc1. The number of amides is 2. The highest BCUT2D eigenvalue weighted by molar-refractivity contribution is 9.09. The third kappa shape index (κ3) is 3.09.